The summed E-state index contributed by atoms with van der Waals surface area (Å²) in [7, 11) is 0. The van der Waals surface area contributed by atoms with E-state index < -0.39 is 0 Å². The van der Waals surface area contributed by atoms with E-state index >= 15 is 0 Å². The van der Waals surface area contributed by atoms with Crippen LogP contribution in [-0.2, 0) is 6.42 Å². The summed E-state index contributed by atoms with van der Waals surface area (Å²) in [5.41, 5.74) is 2.99. The smallest absolute Gasteiger partial charge is 0.0408 e. The molecule has 1 aromatic carbocycles. The zero-order chi connectivity index (χ0) is 14.0. The average molecular weight is 302 g/mol. The lowest BCUT2D eigenvalue weighted by Gasteiger charge is -2.34. The van der Waals surface area contributed by atoms with Crippen LogP contribution in [0.25, 0.3) is 0 Å². The van der Waals surface area contributed by atoms with Gasteiger partial charge in [0.15, 0.2) is 0 Å². The predicted molar refractivity (Wildman–Crippen MR) is 86.5 cm³/mol. The molecule has 0 saturated heterocycles. The van der Waals surface area contributed by atoms with Gasteiger partial charge < -0.3 is 5.32 Å². The standard InChI is InChI=1S/C19H24ClN/c20-13-5-6-15-11(8-13)4-7-18(15)21-19-10-12-9-17(19)16-3-1-2-14(12)16/h5-6,8,12,14,16-19,21H,1-4,7,9-10H2. The Kier molecular flexibility index (Phi) is 2.92. The van der Waals surface area contributed by atoms with Gasteiger partial charge in [0, 0.05) is 17.1 Å². The van der Waals surface area contributed by atoms with E-state index in [1.54, 1.807) is 0 Å². The van der Waals surface area contributed by atoms with Gasteiger partial charge >= 0.3 is 0 Å². The van der Waals surface area contributed by atoms with Crippen molar-refractivity contribution in [3.63, 3.8) is 0 Å². The molecule has 0 aliphatic heterocycles. The maximum absolute atomic E-state index is 6.13. The van der Waals surface area contributed by atoms with E-state index in [0.717, 1.165) is 34.7 Å². The van der Waals surface area contributed by atoms with Crippen LogP contribution in [0.3, 0.4) is 0 Å². The average Bonchev–Trinajstić information content (AvgIpc) is 3.19. The van der Waals surface area contributed by atoms with E-state index in [0.29, 0.717) is 6.04 Å². The van der Waals surface area contributed by atoms with Crippen LogP contribution in [0.2, 0.25) is 5.02 Å². The minimum atomic E-state index is 0.585. The number of hydrogen-bond acceptors (Lipinski definition) is 1. The minimum absolute atomic E-state index is 0.585. The summed E-state index contributed by atoms with van der Waals surface area (Å²) < 4.78 is 0. The third kappa shape index (κ3) is 1.93. The Morgan fingerprint density at radius 2 is 1.90 bits per heavy atom. The monoisotopic (exact) mass is 301 g/mol. The molecule has 4 aliphatic rings. The molecule has 2 bridgehead atoms. The Balaban J connectivity index is 1.34. The van der Waals surface area contributed by atoms with Crippen LogP contribution in [0.4, 0.5) is 0 Å². The fraction of sp³-hybridized carbons (Fsp3) is 0.684. The van der Waals surface area contributed by atoms with Crippen molar-refractivity contribution in [2.75, 3.05) is 0 Å². The van der Waals surface area contributed by atoms with Crippen LogP contribution in [0.5, 0.6) is 0 Å². The zero-order valence-corrected chi connectivity index (χ0v) is 13.3. The van der Waals surface area contributed by atoms with Gasteiger partial charge in [0.05, 0.1) is 0 Å². The highest BCUT2D eigenvalue weighted by molar-refractivity contribution is 6.30. The SMILES string of the molecule is Clc1ccc2c(c1)CCC2NC1CC2CC1C1CCCC21. The van der Waals surface area contributed by atoms with Crippen LogP contribution in [0, 0.1) is 23.7 Å². The molecule has 5 rings (SSSR count). The first-order valence-corrected chi connectivity index (χ1v) is 9.22. The number of rotatable bonds is 2. The molecule has 0 radical (unpaired) electrons. The summed E-state index contributed by atoms with van der Waals surface area (Å²) in [6.45, 7) is 0. The molecule has 1 nitrogen and oxygen atoms in total. The molecule has 1 N–H and O–H groups in total. The molecule has 112 valence electrons. The van der Waals surface area contributed by atoms with Crippen LogP contribution in [0.1, 0.15) is 55.7 Å². The summed E-state index contributed by atoms with van der Waals surface area (Å²) in [5, 5.41) is 4.95. The molecule has 21 heavy (non-hydrogen) atoms. The molecule has 6 atom stereocenters. The summed E-state index contributed by atoms with van der Waals surface area (Å²) >= 11 is 6.13. The van der Waals surface area contributed by atoms with Gasteiger partial charge in [-0.3, -0.25) is 0 Å². The summed E-state index contributed by atoms with van der Waals surface area (Å²) in [5.74, 6) is 4.19. The number of hydrogen-bond donors (Lipinski definition) is 1. The summed E-state index contributed by atoms with van der Waals surface area (Å²) in [4.78, 5) is 0. The molecule has 1 aromatic rings. The van der Waals surface area contributed by atoms with Gasteiger partial charge in [0.1, 0.15) is 0 Å². The second kappa shape index (κ2) is 4.73. The van der Waals surface area contributed by atoms with E-state index in [1.807, 2.05) is 0 Å². The molecule has 4 aliphatic carbocycles. The fourth-order valence-corrected chi connectivity index (χ4v) is 6.47. The van der Waals surface area contributed by atoms with Crippen molar-refractivity contribution in [3.05, 3.63) is 34.3 Å². The first-order chi connectivity index (χ1) is 10.3. The first kappa shape index (κ1) is 13.0. The molecule has 2 heteroatoms. The molecule has 0 amide bonds. The first-order valence-electron chi connectivity index (χ1n) is 8.84. The quantitative estimate of drug-likeness (QED) is 0.832. The lowest BCUT2D eigenvalue weighted by Crippen LogP contribution is -2.40. The van der Waals surface area contributed by atoms with E-state index in [2.05, 4.69) is 23.5 Å². The van der Waals surface area contributed by atoms with E-state index in [1.165, 1.54) is 56.1 Å². The summed E-state index contributed by atoms with van der Waals surface area (Å²) in [6, 6.07) is 7.87. The van der Waals surface area contributed by atoms with Gasteiger partial charge in [-0.25, -0.2) is 0 Å². The number of fused-ring (bicyclic) bond motifs is 6. The maximum atomic E-state index is 6.13. The van der Waals surface area contributed by atoms with Gasteiger partial charge in [0.2, 0.25) is 0 Å². The molecule has 0 spiro atoms. The van der Waals surface area contributed by atoms with Crippen molar-refractivity contribution in [1.82, 2.24) is 5.32 Å². The van der Waals surface area contributed by atoms with Crippen molar-refractivity contribution < 1.29 is 0 Å². The highest BCUT2D eigenvalue weighted by Crippen LogP contribution is 2.59. The van der Waals surface area contributed by atoms with Gasteiger partial charge in [-0.1, -0.05) is 24.1 Å². The number of aryl methyl sites for hydroxylation is 1. The molecular weight excluding hydrogens is 278 g/mol. The Morgan fingerprint density at radius 3 is 2.86 bits per heavy atom. The second-order valence-electron chi connectivity index (χ2n) is 7.86. The number of halogens is 1. The van der Waals surface area contributed by atoms with Crippen LogP contribution in [-0.4, -0.2) is 6.04 Å². The Hall–Kier alpha value is -0.530. The van der Waals surface area contributed by atoms with E-state index in [-0.39, 0.29) is 0 Å². The molecule has 6 unspecified atom stereocenters. The van der Waals surface area contributed by atoms with E-state index in [9.17, 15) is 0 Å². The van der Waals surface area contributed by atoms with Gasteiger partial charge in [-0.15, -0.1) is 0 Å². The fourth-order valence-electron chi connectivity index (χ4n) is 6.28. The highest BCUT2D eigenvalue weighted by Gasteiger charge is 2.54. The lowest BCUT2D eigenvalue weighted by molar-refractivity contribution is 0.197. The van der Waals surface area contributed by atoms with Crippen molar-refractivity contribution in [2.45, 2.75) is 57.0 Å². The molecule has 0 aromatic heterocycles. The Bertz CT molecular complexity index is 569. The zero-order valence-electron chi connectivity index (χ0n) is 12.5. The van der Waals surface area contributed by atoms with Gasteiger partial charge in [-0.2, -0.15) is 0 Å². The van der Waals surface area contributed by atoms with Gasteiger partial charge in [0.25, 0.3) is 0 Å². The van der Waals surface area contributed by atoms with Crippen LogP contribution < -0.4 is 5.32 Å². The molecule has 0 heterocycles. The van der Waals surface area contributed by atoms with Crippen LogP contribution in [0.15, 0.2) is 18.2 Å². The Morgan fingerprint density at radius 1 is 1.00 bits per heavy atom. The number of benzene rings is 1. The maximum Gasteiger partial charge on any atom is 0.0408 e. The lowest BCUT2D eigenvalue weighted by atomic mass is 9.79. The normalized spacial score (nSPS) is 43.3. The third-order valence-corrected chi connectivity index (χ3v) is 7.26. The van der Waals surface area contributed by atoms with Crippen molar-refractivity contribution in [2.24, 2.45) is 23.7 Å². The highest BCUT2D eigenvalue weighted by atomic mass is 35.5. The van der Waals surface area contributed by atoms with E-state index in [4.69, 9.17) is 11.6 Å². The molecule has 3 fully saturated rings. The molecular formula is C19H24ClN. The largest absolute Gasteiger partial charge is 0.307 e. The number of nitrogens with one attached hydrogen (secondary N) is 1. The van der Waals surface area contributed by atoms with Crippen molar-refractivity contribution in [1.29, 1.82) is 0 Å². The topological polar surface area (TPSA) is 12.0 Å². The van der Waals surface area contributed by atoms with Crippen molar-refractivity contribution in [3.8, 4) is 0 Å². The molecule has 3 saturated carbocycles. The summed E-state index contributed by atoms with van der Waals surface area (Å²) in [6.07, 6.45) is 9.97. The predicted octanol–water partition coefficient (Wildman–Crippen LogP) is 4.74. The van der Waals surface area contributed by atoms with Crippen molar-refractivity contribution >= 4 is 11.6 Å². The van der Waals surface area contributed by atoms with Crippen LogP contribution >= 0.6 is 11.6 Å². The van der Waals surface area contributed by atoms with Gasteiger partial charge in [-0.05, 0) is 85.5 Å². The minimum Gasteiger partial charge on any atom is -0.307 e. The Labute approximate surface area is 132 Å². The third-order valence-electron chi connectivity index (χ3n) is 7.03. The second-order valence-corrected chi connectivity index (χ2v) is 8.30.